The fraction of sp³-hybridized carbons (Fsp3) is 0.333. The lowest BCUT2D eigenvalue weighted by Gasteiger charge is -2.09. The van der Waals surface area contributed by atoms with Gasteiger partial charge in [-0.3, -0.25) is 4.79 Å². The first-order valence-corrected chi connectivity index (χ1v) is 9.01. The van der Waals surface area contributed by atoms with Crippen LogP contribution in [-0.2, 0) is 12.8 Å². The second-order valence-electron chi connectivity index (χ2n) is 6.44. The summed E-state index contributed by atoms with van der Waals surface area (Å²) >= 11 is 0. The van der Waals surface area contributed by atoms with Crippen molar-refractivity contribution in [2.24, 2.45) is 0 Å². The summed E-state index contributed by atoms with van der Waals surface area (Å²) in [5.41, 5.74) is 2.85. The van der Waals surface area contributed by atoms with Gasteiger partial charge in [0.25, 0.3) is 5.91 Å². The number of rotatable bonds is 8. The third-order valence-electron chi connectivity index (χ3n) is 4.56. The molecule has 0 spiro atoms. The molecule has 28 heavy (non-hydrogen) atoms. The zero-order valence-electron chi connectivity index (χ0n) is 16.5. The average Bonchev–Trinajstić information content (AvgIpc) is 3.30. The molecule has 7 heteroatoms. The molecule has 3 aromatic rings. The molecule has 1 aromatic carbocycles. The third-order valence-corrected chi connectivity index (χ3v) is 4.56. The maximum atomic E-state index is 12.3. The Morgan fingerprint density at radius 1 is 1.11 bits per heavy atom. The van der Waals surface area contributed by atoms with Crippen LogP contribution in [0.1, 0.15) is 38.9 Å². The lowest BCUT2D eigenvalue weighted by Crippen LogP contribution is -2.25. The standard InChI is InChI=1S/C21H24N2O5/c1-13-17(14(2)28-23-13)12-16-6-8-19(27-16)21(24)22-10-9-15-5-7-18(25-3)20(11-15)26-4/h5-8,11H,9-10,12H2,1-4H3,(H,22,24). The number of carbonyl (C=O) groups is 1. The van der Waals surface area contributed by atoms with E-state index in [2.05, 4.69) is 10.5 Å². The Morgan fingerprint density at radius 3 is 2.57 bits per heavy atom. The number of ether oxygens (including phenoxy) is 2. The monoisotopic (exact) mass is 384 g/mol. The van der Waals surface area contributed by atoms with Crippen LogP contribution in [0, 0.1) is 13.8 Å². The van der Waals surface area contributed by atoms with Gasteiger partial charge in [-0.25, -0.2) is 0 Å². The first kappa shape index (κ1) is 19.5. The van der Waals surface area contributed by atoms with E-state index < -0.39 is 0 Å². The number of nitrogens with one attached hydrogen (secondary N) is 1. The summed E-state index contributed by atoms with van der Waals surface area (Å²) in [6.07, 6.45) is 1.21. The second kappa shape index (κ2) is 8.65. The highest BCUT2D eigenvalue weighted by Gasteiger charge is 2.15. The number of amides is 1. The number of aryl methyl sites for hydroxylation is 2. The lowest BCUT2D eigenvalue weighted by atomic mass is 10.1. The fourth-order valence-electron chi connectivity index (χ4n) is 2.97. The van der Waals surface area contributed by atoms with Gasteiger partial charge in [-0.2, -0.15) is 0 Å². The van der Waals surface area contributed by atoms with E-state index in [0.29, 0.717) is 36.6 Å². The fourth-order valence-corrected chi connectivity index (χ4v) is 2.97. The Morgan fingerprint density at radius 2 is 1.89 bits per heavy atom. The average molecular weight is 384 g/mol. The van der Waals surface area contributed by atoms with Gasteiger partial charge in [0.1, 0.15) is 11.5 Å². The SMILES string of the molecule is COc1ccc(CCNC(=O)c2ccc(Cc3c(C)noc3C)o2)cc1OC. The molecule has 2 heterocycles. The molecule has 1 N–H and O–H groups in total. The van der Waals surface area contributed by atoms with Crippen molar-refractivity contribution >= 4 is 5.91 Å². The predicted molar refractivity (Wildman–Crippen MR) is 103 cm³/mol. The highest BCUT2D eigenvalue weighted by molar-refractivity contribution is 5.91. The number of nitrogens with zero attached hydrogens (tertiary/aromatic N) is 1. The van der Waals surface area contributed by atoms with Crippen LogP contribution >= 0.6 is 0 Å². The van der Waals surface area contributed by atoms with Crippen molar-refractivity contribution in [3.63, 3.8) is 0 Å². The minimum absolute atomic E-state index is 0.245. The van der Waals surface area contributed by atoms with Gasteiger partial charge in [0.05, 0.1) is 19.9 Å². The molecule has 0 aliphatic heterocycles. The number of furan rings is 1. The summed E-state index contributed by atoms with van der Waals surface area (Å²) in [5, 5.41) is 6.81. The molecule has 0 bridgehead atoms. The van der Waals surface area contributed by atoms with Crippen molar-refractivity contribution in [2.75, 3.05) is 20.8 Å². The van der Waals surface area contributed by atoms with Gasteiger partial charge >= 0.3 is 0 Å². The van der Waals surface area contributed by atoms with E-state index in [4.69, 9.17) is 18.4 Å². The molecule has 2 aromatic heterocycles. The molecule has 0 atom stereocenters. The number of aromatic nitrogens is 1. The molecule has 1 amide bonds. The van der Waals surface area contributed by atoms with Gasteiger partial charge < -0.3 is 23.7 Å². The molecule has 7 nitrogen and oxygen atoms in total. The van der Waals surface area contributed by atoms with Gasteiger partial charge in [0, 0.05) is 18.5 Å². The zero-order valence-corrected chi connectivity index (χ0v) is 16.5. The highest BCUT2D eigenvalue weighted by Crippen LogP contribution is 2.27. The van der Waals surface area contributed by atoms with E-state index in [1.54, 1.807) is 26.4 Å². The molecule has 0 saturated heterocycles. The molecule has 0 radical (unpaired) electrons. The van der Waals surface area contributed by atoms with Crippen LogP contribution < -0.4 is 14.8 Å². The van der Waals surface area contributed by atoms with Crippen LogP contribution in [-0.4, -0.2) is 31.8 Å². The summed E-state index contributed by atoms with van der Waals surface area (Å²) in [7, 11) is 3.20. The second-order valence-corrected chi connectivity index (χ2v) is 6.44. The summed E-state index contributed by atoms with van der Waals surface area (Å²) < 4.78 is 21.4. The maximum Gasteiger partial charge on any atom is 0.287 e. The lowest BCUT2D eigenvalue weighted by molar-refractivity contribution is 0.0925. The number of methoxy groups -OCH3 is 2. The minimum atomic E-state index is -0.245. The maximum absolute atomic E-state index is 12.3. The number of benzene rings is 1. The topological polar surface area (TPSA) is 86.7 Å². The van der Waals surface area contributed by atoms with Crippen LogP contribution in [0.5, 0.6) is 11.5 Å². The first-order valence-electron chi connectivity index (χ1n) is 9.01. The Balaban J connectivity index is 1.55. The zero-order chi connectivity index (χ0) is 20.1. The molecule has 0 unspecified atom stereocenters. The van der Waals surface area contributed by atoms with Crippen LogP contribution in [0.3, 0.4) is 0 Å². The Labute approximate surface area is 163 Å². The molecule has 0 fully saturated rings. The van der Waals surface area contributed by atoms with E-state index in [1.807, 2.05) is 32.0 Å². The van der Waals surface area contributed by atoms with E-state index in [-0.39, 0.29) is 11.7 Å². The Bertz CT molecular complexity index is 938. The van der Waals surface area contributed by atoms with E-state index >= 15 is 0 Å². The summed E-state index contributed by atoms with van der Waals surface area (Å²) in [6.45, 7) is 4.23. The van der Waals surface area contributed by atoms with Gasteiger partial charge in [-0.15, -0.1) is 0 Å². The molecule has 148 valence electrons. The third kappa shape index (κ3) is 4.36. The summed E-state index contributed by atoms with van der Waals surface area (Å²) in [4.78, 5) is 12.3. The Kier molecular flexibility index (Phi) is 6.03. The normalized spacial score (nSPS) is 10.7. The summed E-state index contributed by atoms with van der Waals surface area (Å²) in [6, 6.07) is 9.18. The molecule has 0 aliphatic carbocycles. The first-order chi connectivity index (χ1) is 13.5. The van der Waals surface area contributed by atoms with Crippen molar-refractivity contribution in [1.29, 1.82) is 0 Å². The van der Waals surface area contributed by atoms with Gasteiger partial charge in [-0.05, 0) is 50.1 Å². The smallest absolute Gasteiger partial charge is 0.287 e. The quantitative estimate of drug-likeness (QED) is 0.640. The van der Waals surface area contributed by atoms with Gasteiger partial charge in [0.15, 0.2) is 17.3 Å². The van der Waals surface area contributed by atoms with Gasteiger partial charge in [-0.1, -0.05) is 11.2 Å². The molecule has 0 saturated carbocycles. The minimum Gasteiger partial charge on any atom is -0.493 e. The largest absolute Gasteiger partial charge is 0.493 e. The van der Waals surface area contributed by atoms with E-state index in [0.717, 1.165) is 22.6 Å². The van der Waals surface area contributed by atoms with Crippen LogP contribution in [0.4, 0.5) is 0 Å². The van der Waals surface area contributed by atoms with Crippen molar-refractivity contribution < 1.29 is 23.2 Å². The van der Waals surface area contributed by atoms with E-state index in [1.165, 1.54) is 0 Å². The van der Waals surface area contributed by atoms with Crippen LogP contribution in [0.15, 0.2) is 39.3 Å². The van der Waals surface area contributed by atoms with Crippen molar-refractivity contribution in [1.82, 2.24) is 10.5 Å². The predicted octanol–water partition coefficient (Wildman–Crippen LogP) is 3.46. The van der Waals surface area contributed by atoms with Crippen LogP contribution in [0.2, 0.25) is 0 Å². The van der Waals surface area contributed by atoms with Gasteiger partial charge in [0.2, 0.25) is 0 Å². The number of carbonyl (C=O) groups excluding carboxylic acids is 1. The van der Waals surface area contributed by atoms with Crippen molar-refractivity contribution in [3.8, 4) is 11.5 Å². The highest BCUT2D eigenvalue weighted by atomic mass is 16.5. The number of hydrogen-bond donors (Lipinski definition) is 1. The molecular weight excluding hydrogens is 360 g/mol. The number of hydrogen-bond acceptors (Lipinski definition) is 6. The van der Waals surface area contributed by atoms with Crippen molar-refractivity contribution in [3.05, 3.63) is 64.4 Å². The van der Waals surface area contributed by atoms with Crippen LogP contribution in [0.25, 0.3) is 0 Å². The molecule has 3 rings (SSSR count). The van der Waals surface area contributed by atoms with Crippen molar-refractivity contribution in [2.45, 2.75) is 26.7 Å². The Hall–Kier alpha value is -3.22. The molecular formula is C21H24N2O5. The molecule has 0 aliphatic rings. The summed E-state index contributed by atoms with van der Waals surface area (Å²) in [5.74, 6) is 2.84. The van der Waals surface area contributed by atoms with E-state index in [9.17, 15) is 4.79 Å².